The van der Waals surface area contributed by atoms with Gasteiger partial charge in [0.2, 0.25) is 8.32 Å². The van der Waals surface area contributed by atoms with E-state index in [0.717, 1.165) is 19.4 Å². The standard InChI is InChI=1S/C17H32OSi/c1-9-10-11-12-17(8)13-18-19(14(2)3,15(4)5)16(6)7/h1,12,14-16H,10-11,13H2,2-8H3/b17-12+. The molecule has 0 atom stereocenters. The van der Waals surface area contributed by atoms with Crippen molar-refractivity contribution in [2.24, 2.45) is 0 Å². The zero-order chi connectivity index (χ0) is 15.1. The number of hydrogen-bond acceptors (Lipinski definition) is 1. The molecular formula is C17H32OSi. The van der Waals surface area contributed by atoms with Crippen LogP contribution in [0.5, 0.6) is 0 Å². The minimum absolute atomic E-state index is 0.644. The molecule has 0 aromatic heterocycles. The highest BCUT2D eigenvalue weighted by molar-refractivity contribution is 6.77. The summed E-state index contributed by atoms with van der Waals surface area (Å²) in [6.07, 6.45) is 9.28. The highest BCUT2D eigenvalue weighted by Gasteiger charge is 2.44. The number of unbranched alkanes of at least 4 members (excludes halogenated alkanes) is 1. The van der Waals surface area contributed by atoms with Crippen molar-refractivity contribution in [1.82, 2.24) is 0 Å². The lowest BCUT2D eigenvalue weighted by atomic mass is 10.2. The molecule has 0 aromatic rings. The minimum Gasteiger partial charge on any atom is -0.412 e. The van der Waals surface area contributed by atoms with Crippen LogP contribution in [0.1, 0.15) is 61.3 Å². The molecule has 0 unspecified atom stereocenters. The summed E-state index contributed by atoms with van der Waals surface area (Å²) in [6.45, 7) is 16.9. The minimum atomic E-state index is -1.72. The Kier molecular flexibility index (Phi) is 8.37. The van der Waals surface area contributed by atoms with Crippen molar-refractivity contribution in [3.05, 3.63) is 11.6 Å². The normalized spacial score (nSPS) is 13.4. The van der Waals surface area contributed by atoms with Gasteiger partial charge in [-0.1, -0.05) is 53.2 Å². The van der Waals surface area contributed by atoms with Crippen molar-refractivity contribution in [2.45, 2.75) is 77.9 Å². The maximum Gasteiger partial charge on any atom is 0.200 e. The van der Waals surface area contributed by atoms with E-state index in [1.165, 1.54) is 5.57 Å². The van der Waals surface area contributed by atoms with Gasteiger partial charge >= 0.3 is 0 Å². The first kappa shape index (κ1) is 18.5. The van der Waals surface area contributed by atoms with E-state index in [1.807, 2.05) is 0 Å². The van der Waals surface area contributed by atoms with Gasteiger partial charge in [-0.2, -0.15) is 0 Å². The van der Waals surface area contributed by atoms with Crippen LogP contribution in [0.15, 0.2) is 11.6 Å². The Morgan fingerprint density at radius 2 is 1.58 bits per heavy atom. The van der Waals surface area contributed by atoms with Crippen LogP contribution in [-0.2, 0) is 4.43 Å². The smallest absolute Gasteiger partial charge is 0.200 e. The molecule has 0 saturated heterocycles. The highest BCUT2D eigenvalue weighted by atomic mass is 28.4. The van der Waals surface area contributed by atoms with Gasteiger partial charge in [0.25, 0.3) is 0 Å². The third-order valence-electron chi connectivity index (χ3n) is 4.04. The molecule has 19 heavy (non-hydrogen) atoms. The van der Waals surface area contributed by atoms with Crippen LogP contribution in [0.4, 0.5) is 0 Å². The molecule has 0 heterocycles. The van der Waals surface area contributed by atoms with Gasteiger partial charge in [-0.3, -0.25) is 0 Å². The van der Waals surface area contributed by atoms with Crippen LogP contribution >= 0.6 is 0 Å². The molecule has 0 aromatic carbocycles. The maximum atomic E-state index is 6.53. The summed E-state index contributed by atoms with van der Waals surface area (Å²) in [5, 5.41) is 0. The van der Waals surface area contributed by atoms with Gasteiger partial charge in [0.1, 0.15) is 0 Å². The van der Waals surface area contributed by atoms with E-state index < -0.39 is 8.32 Å². The second-order valence-corrected chi connectivity index (χ2v) is 11.9. The van der Waals surface area contributed by atoms with Gasteiger partial charge in [-0.05, 0) is 30.0 Å². The lowest BCUT2D eigenvalue weighted by Crippen LogP contribution is -2.48. The third-order valence-corrected chi connectivity index (χ3v) is 10.1. The van der Waals surface area contributed by atoms with Crippen molar-refractivity contribution in [1.29, 1.82) is 0 Å². The Labute approximate surface area is 122 Å². The molecule has 0 rings (SSSR count). The number of allylic oxidation sites excluding steroid dienone is 1. The summed E-state index contributed by atoms with van der Waals surface area (Å²) in [6, 6.07) is 0. The Morgan fingerprint density at radius 1 is 1.11 bits per heavy atom. The largest absolute Gasteiger partial charge is 0.412 e. The van der Waals surface area contributed by atoms with Crippen molar-refractivity contribution in [3.63, 3.8) is 0 Å². The van der Waals surface area contributed by atoms with Crippen LogP contribution < -0.4 is 0 Å². The zero-order valence-electron chi connectivity index (χ0n) is 13.9. The predicted octanol–water partition coefficient (Wildman–Crippen LogP) is 5.54. The van der Waals surface area contributed by atoms with Gasteiger partial charge in [0.05, 0.1) is 6.61 Å². The SMILES string of the molecule is C#CCC/C=C(\C)CO[Si](C(C)C)(C(C)C)C(C)C. The maximum absolute atomic E-state index is 6.53. The zero-order valence-corrected chi connectivity index (χ0v) is 14.9. The number of rotatable bonds is 8. The second-order valence-electron chi connectivity index (χ2n) is 6.40. The predicted molar refractivity (Wildman–Crippen MR) is 88.8 cm³/mol. The molecule has 110 valence electrons. The van der Waals surface area contributed by atoms with Crippen molar-refractivity contribution < 1.29 is 4.43 Å². The summed E-state index contributed by atoms with van der Waals surface area (Å²) in [5.74, 6) is 2.67. The van der Waals surface area contributed by atoms with Gasteiger partial charge in [0, 0.05) is 6.42 Å². The van der Waals surface area contributed by atoms with Crippen molar-refractivity contribution >= 4 is 8.32 Å². The topological polar surface area (TPSA) is 9.23 Å². The van der Waals surface area contributed by atoms with Crippen molar-refractivity contribution in [2.75, 3.05) is 6.61 Å². The first-order chi connectivity index (χ1) is 8.78. The molecule has 0 aliphatic heterocycles. The molecule has 0 aliphatic rings. The number of hydrogen-bond donors (Lipinski definition) is 0. The molecule has 0 spiro atoms. The van der Waals surface area contributed by atoms with E-state index in [1.54, 1.807) is 0 Å². The molecule has 0 radical (unpaired) electrons. The molecule has 0 saturated carbocycles. The fourth-order valence-electron chi connectivity index (χ4n) is 3.20. The first-order valence-electron chi connectivity index (χ1n) is 7.52. The average Bonchev–Trinajstić information content (AvgIpc) is 2.28. The molecule has 1 nitrogen and oxygen atoms in total. The quantitative estimate of drug-likeness (QED) is 0.245. The summed E-state index contributed by atoms with van der Waals surface area (Å²) < 4.78 is 6.53. The summed E-state index contributed by atoms with van der Waals surface area (Å²) >= 11 is 0. The summed E-state index contributed by atoms with van der Waals surface area (Å²) in [4.78, 5) is 0. The van der Waals surface area contributed by atoms with Crippen LogP contribution in [0.25, 0.3) is 0 Å². The molecule has 0 fully saturated rings. The lowest BCUT2D eigenvalue weighted by Gasteiger charge is -2.42. The Morgan fingerprint density at radius 3 is 1.95 bits per heavy atom. The fourth-order valence-corrected chi connectivity index (χ4v) is 8.68. The van der Waals surface area contributed by atoms with E-state index >= 15 is 0 Å². The molecular weight excluding hydrogens is 248 g/mol. The Hall–Kier alpha value is -0.523. The third kappa shape index (κ3) is 5.16. The molecule has 0 bridgehead atoms. The van der Waals surface area contributed by atoms with E-state index in [4.69, 9.17) is 10.8 Å². The van der Waals surface area contributed by atoms with E-state index in [-0.39, 0.29) is 0 Å². The van der Waals surface area contributed by atoms with Gasteiger partial charge in [-0.25, -0.2) is 0 Å². The van der Waals surface area contributed by atoms with Crippen LogP contribution in [0, 0.1) is 12.3 Å². The highest BCUT2D eigenvalue weighted by Crippen LogP contribution is 2.42. The van der Waals surface area contributed by atoms with Crippen LogP contribution in [0.2, 0.25) is 16.6 Å². The summed E-state index contributed by atoms with van der Waals surface area (Å²) in [5.41, 5.74) is 3.25. The average molecular weight is 281 g/mol. The van der Waals surface area contributed by atoms with Crippen molar-refractivity contribution in [3.8, 4) is 12.3 Å². The monoisotopic (exact) mass is 280 g/mol. The van der Waals surface area contributed by atoms with Crippen LogP contribution in [0.3, 0.4) is 0 Å². The van der Waals surface area contributed by atoms with Gasteiger partial charge in [-0.15, -0.1) is 12.3 Å². The molecule has 0 N–H and O–H groups in total. The van der Waals surface area contributed by atoms with Gasteiger partial charge in [0.15, 0.2) is 0 Å². The fraction of sp³-hybridized carbons (Fsp3) is 0.765. The second kappa shape index (κ2) is 8.61. The lowest BCUT2D eigenvalue weighted by molar-refractivity contribution is 0.307. The van der Waals surface area contributed by atoms with E-state index in [9.17, 15) is 0 Å². The molecule has 0 aliphatic carbocycles. The Balaban J connectivity index is 4.77. The summed E-state index contributed by atoms with van der Waals surface area (Å²) in [7, 11) is -1.72. The molecule has 2 heteroatoms. The van der Waals surface area contributed by atoms with E-state index in [2.05, 4.69) is 60.5 Å². The van der Waals surface area contributed by atoms with E-state index in [0.29, 0.717) is 16.6 Å². The Bertz CT molecular complexity index is 299. The molecule has 0 amide bonds. The van der Waals surface area contributed by atoms with Gasteiger partial charge < -0.3 is 4.43 Å². The van der Waals surface area contributed by atoms with Crippen LogP contribution in [-0.4, -0.2) is 14.9 Å². The first-order valence-corrected chi connectivity index (χ1v) is 9.66. The number of terminal acetylenes is 1.